The number of phenols is 1. The fourth-order valence-corrected chi connectivity index (χ4v) is 3.42. The smallest absolute Gasteiger partial charge is 0.365 e. The minimum absolute atomic E-state index is 0.111. The van der Waals surface area contributed by atoms with Crippen LogP contribution in [0.1, 0.15) is 44.5 Å². The molecule has 0 unspecified atom stereocenters. The Bertz CT molecular complexity index is 1290. The van der Waals surface area contributed by atoms with Crippen LogP contribution in [0.2, 0.25) is 0 Å². The van der Waals surface area contributed by atoms with E-state index in [4.69, 9.17) is 4.42 Å². The average molecular weight is 395 g/mol. The van der Waals surface area contributed by atoms with Crippen LogP contribution in [0, 0.1) is 0 Å². The second-order valence-electron chi connectivity index (χ2n) is 6.86. The van der Waals surface area contributed by atoms with Gasteiger partial charge in [0.1, 0.15) is 11.3 Å². The summed E-state index contributed by atoms with van der Waals surface area (Å²) >= 11 is 0. The summed E-state index contributed by atoms with van der Waals surface area (Å²) in [7, 11) is 0. The summed E-state index contributed by atoms with van der Waals surface area (Å²) in [6.07, 6.45) is 3.27. The van der Waals surface area contributed by atoms with E-state index in [1.165, 1.54) is 6.92 Å². The monoisotopic (exact) mass is 395 g/mol. The molecule has 0 fully saturated rings. The molecule has 4 nitrogen and oxygen atoms in total. The second-order valence-corrected chi connectivity index (χ2v) is 6.86. The number of hydrogen-bond donors (Lipinski definition) is 1. The van der Waals surface area contributed by atoms with Crippen molar-refractivity contribution in [2.24, 2.45) is 0 Å². The van der Waals surface area contributed by atoms with Crippen LogP contribution in [0.4, 0.5) is 0 Å². The molecule has 0 aliphatic heterocycles. The molecule has 0 spiro atoms. The molecule has 1 heterocycles. The van der Waals surface area contributed by atoms with Crippen molar-refractivity contribution in [2.75, 3.05) is 0 Å². The Morgan fingerprint density at radius 3 is 2.20 bits per heavy atom. The predicted molar refractivity (Wildman–Crippen MR) is 118 cm³/mol. The van der Waals surface area contributed by atoms with Crippen LogP contribution in [0.5, 0.6) is 5.75 Å². The van der Waals surface area contributed by atoms with Crippen LogP contribution in [-0.4, -0.2) is 16.7 Å². The highest BCUT2D eigenvalue weighted by molar-refractivity contribution is 6.22. The molecule has 3 aromatic carbocycles. The van der Waals surface area contributed by atoms with Crippen molar-refractivity contribution in [1.29, 1.82) is 0 Å². The number of para-hydroxylation sites is 2. The van der Waals surface area contributed by atoms with Crippen LogP contribution in [0.15, 0.2) is 83.3 Å². The van der Waals surface area contributed by atoms with E-state index in [-0.39, 0.29) is 28.6 Å². The number of Topliss-reactive ketones (excluding diaryl/α,β-unsaturated/α-hetero) is 1. The van der Waals surface area contributed by atoms with Gasteiger partial charge in [0.2, 0.25) is 0 Å². The van der Waals surface area contributed by atoms with Gasteiger partial charge in [-0.05, 0) is 25.1 Å². The molecule has 4 heteroatoms. The van der Waals surface area contributed by atoms with Crippen molar-refractivity contribution >= 4 is 34.7 Å². The Balaban J connectivity index is 1.98. The molecule has 0 saturated carbocycles. The van der Waals surface area contributed by atoms with Crippen LogP contribution < -0.4 is 0 Å². The van der Waals surface area contributed by atoms with E-state index in [0.717, 1.165) is 0 Å². The zero-order valence-corrected chi connectivity index (χ0v) is 16.3. The Hall–Kier alpha value is -4.05. The van der Waals surface area contributed by atoms with Gasteiger partial charge in [-0.15, -0.1) is 0 Å². The third kappa shape index (κ3) is 3.63. The number of hydrogen-bond acceptors (Lipinski definition) is 3. The number of fused-ring (bicyclic) bond motifs is 1. The van der Waals surface area contributed by atoms with Crippen molar-refractivity contribution in [3.05, 3.63) is 107 Å². The maximum Gasteiger partial charge on any atom is 0.365 e. The molecule has 0 radical (unpaired) electrons. The highest BCUT2D eigenvalue weighted by atomic mass is 16.3. The van der Waals surface area contributed by atoms with Crippen LogP contribution in [0.25, 0.3) is 23.1 Å². The van der Waals surface area contributed by atoms with E-state index in [2.05, 4.69) is 0 Å². The first-order valence-electron chi connectivity index (χ1n) is 9.52. The number of carbonyl (C=O) groups excluding carboxylic acids is 2. The van der Waals surface area contributed by atoms with Gasteiger partial charge >= 0.3 is 11.3 Å². The van der Waals surface area contributed by atoms with Gasteiger partial charge in [0.05, 0.1) is 10.9 Å². The number of phenolic OH excluding ortho intramolecular Hbond substituents is 1. The molecule has 1 aromatic heterocycles. The number of carbonyl (C=O) groups is 2. The van der Waals surface area contributed by atoms with Crippen LogP contribution >= 0.6 is 0 Å². The molecule has 4 rings (SSSR count). The van der Waals surface area contributed by atoms with Gasteiger partial charge in [0.25, 0.3) is 0 Å². The Kier molecular flexibility index (Phi) is 5.22. The quantitative estimate of drug-likeness (QED) is 0.331. The molecule has 146 valence electrons. The molecule has 0 saturated heterocycles. The minimum Gasteiger partial charge on any atom is -0.507 e. The van der Waals surface area contributed by atoms with Gasteiger partial charge in [0.15, 0.2) is 11.6 Å². The highest BCUT2D eigenvalue weighted by Crippen LogP contribution is 2.30. The molecular weight excluding hydrogens is 376 g/mol. The van der Waals surface area contributed by atoms with Gasteiger partial charge in [0, 0.05) is 23.3 Å². The normalized spacial score (nSPS) is 11.1. The molecule has 0 aliphatic rings. The zero-order valence-electron chi connectivity index (χ0n) is 16.3. The van der Waals surface area contributed by atoms with Crippen LogP contribution in [-0.2, 0) is 0 Å². The number of aromatic hydroxyl groups is 1. The fraction of sp³-hybridized carbons (Fsp3) is 0.0385. The van der Waals surface area contributed by atoms with Crippen LogP contribution in [0.3, 0.4) is 0 Å². The van der Waals surface area contributed by atoms with E-state index in [0.29, 0.717) is 27.7 Å². The fourth-order valence-electron chi connectivity index (χ4n) is 3.42. The van der Waals surface area contributed by atoms with Crippen molar-refractivity contribution in [3.63, 3.8) is 0 Å². The molecular formula is C26H19O4+. The lowest BCUT2D eigenvalue weighted by atomic mass is 9.92. The molecule has 0 aliphatic carbocycles. The molecule has 0 amide bonds. The summed E-state index contributed by atoms with van der Waals surface area (Å²) in [5, 5.41) is 10.6. The Morgan fingerprint density at radius 1 is 0.800 bits per heavy atom. The first-order chi connectivity index (χ1) is 14.6. The maximum atomic E-state index is 13.4. The van der Waals surface area contributed by atoms with Crippen molar-refractivity contribution in [3.8, 4) is 5.75 Å². The predicted octanol–water partition coefficient (Wildman–Crippen LogP) is 6.02. The van der Waals surface area contributed by atoms with Gasteiger partial charge in [-0.2, -0.15) is 0 Å². The first kappa shape index (κ1) is 19.3. The third-order valence-electron chi connectivity index (χ3n) is 4.84. The number of rotatable bonds is 5. The zero-order chi connectivity index (χ0) is 21.1. The standard InChI is InChI=1S/C26H18O4/c1-17(27)24-23(16-15-18-9-5-7-13-21(18)28)30-22-14-8-6-12-20(22)25(24)26(29)19-10-3-2-4-11-19/h2-16H,1H3/p+1. The summed E-state index contributed by atoms with van der Waals surface area (Å²) in [6, 6.07) is 22.9. The summed E-state index contributed by atoms with van der Waals surface area (Å²) in [5.41, 5.74) is 2.10. The lowest BCUT2D eigenvalue weighted by molar-refractivity contribution is 0.0989. The van der Waals surface area contributed by atoms with E-state index in [1.54, 1.807) is 78.9 Å². The minimum atomic E-state index is -0.277. The second kappa shape index (κ2) is 8.13. The molecule has 4 aromatic rings. The Labute approximate surface area is 173 Å². The van der Waals surface area contributed by atoms with Gasteiger partial charge in [-0.1, -0.05) is 60.7 Å². The van der Waals surface area contributed by atoms with E-state index >= 15 is 0 Å². The van der Waals surface area contributed by atoms with E-state index in [1.807, 2.05) is 12.1 Å². The van der Waals surface area contributed by atoms with E-state index < -0.39 is 0 Å². The highest BCUT2D eigenvalue weighted by Gasteiger charge is 2.30. The summed E-state index contributed by atoms with van der Waals surface area (Å²) in [6.45, 7) is 1.42. The molecule has 0 bridgehead atoms. The summed E-state index contributed by atoms with van der Waals surface area (Å²) in [4.78, 5) is 26.1. The number of ketones is 2. The molecule has 0 atom stereocenters. The summed E-state index contributed by atoms with van der Waals surface area (Å²) in [5.74, 6) is -0.144. The molecule has 30 heavy (non-hydrogen) atoms. The lowest BCUT2D eigenvalue weighted by Gasteiger charge is -2.07. The lowest BCUT2D eigenvalue weighted by Crippen LogP contribution is -2.11. The van der Waals surface area contributed by atoms with E-state index in [9.17, 15) is 14.7 Å². The van der Waals surface area contributed by atoms with Gasteiger partial charge < -0.3 is 5.11 Å². The first-order valence-corrected chi connectivity index (χ1v) is 9.52. The maximum absolute atomic E-state index is 13.4. The number of benzene rings is 3. The third-order valence-corrected chi connectivity index (χ3v) is 4.84. The van der Waals surface area contributed by atoms with Crippen molar-refractivity contribution in [2.45, 2.75) is 6.92 Å². The van der Waals surface area contributed by atoms with Gasteiger partial charge in [-0.25, -0.2) is 4.42 Å². The SMILES string of the molecule is CC(=O)c1c(C=Cc2ccccc2O)[o+]c2ccccc2c1C(=O)c1ccccc1. The topological polar surface area (TPSA) is 65.7 Å². The Morgan fingerprint density at radius 2 is 1.47 bits per heavy atom. The van der Waals surface area contributed by atoms with Gasteiger partial charge in [-0.3, -0.25) is 9.59 Å². The summed E-state index contributed by atoms with van der Waals surface area (Å²) < 4.78 is 6.00. The molecule has 1 N–H and O–H groups in total. The van der Waals surface area contributed by atoms with Crippen molar-refractivity contribution in [1.82, 2.24) is 0 Å². The van der Waals surface area contributed by atoms with Crippen molar-refractivity contribution < 1.29 is 19.1 Å². The largest absolute Gasteiger partial charge is 0.507 e. The average Bonchev–Trinajstić information content (AvgIpc) is 2.77.